The van der Waals surface area contributed by atoms with Crippen LogP contribution in [-0.4, -0.2) is 66.5 Å². The summed E-state index contributed by atoms with van der Waals surface area (Å²) >= 11 is 0. The van der Waals surface area contributed by atoms with Crippen LogP contribution in [0.4, 0.5) is 0 Å². The van der Waals surface area contributed by atoms with Crippen molar-refractivity contribution < 1.29 is 52.2 Å². The van der Waals surface area contributed by atoms with Gasteiger partial charge in [0, 0.05) is 19.3 Å². The summed E-state index contributed by atoms with van der Waals surface area (Å²) in [5, 5.41) is 9.81. The molecule has 0 aliphatic heterocycles. The number of unbranched alkanes of at least 4 members (excludes halogenated alkanes) is 27. The molecular formula is C66H115O11P. The van der Waals surface area contributed by atoms with Crippen LogP contribution in [0, 0.1) is 0 Å². The Balaban J connectivity index is 4.76. The zero-order valence-corrected chi connectivity index (χ0v) is 50.8. The van der Waals surface area contributed by atoms with Crippen molar-refractivity contribution in [3.63, 3.8) is 0 Å². The Bertz CT molecular complexity index is 1630. The van der Waals surface area contributed by atoms with Gasteiger partial charge in [0.05, 0.1) is 19.8 Å². The van der Waals surface area contributed by atoms with Crippen molar-refractivity contribution in [2.24, 2.45) is 0 Å². The van der Waals surface area contributed by atoms with E-state index in [-0.39, 0.29) is 25.9 Å². The molecule has 0 aromatic rings. The van der Waals surface area contributed by atoms with E-state index in [2.05, 4.69) is 93.7 Å². The van der Waals surface area contributed by atoms with E-state index in [0.717, 1.165) is 96.3 Å². The van der Waals surface area contributed by atoms with E-state index in [1.54, 1.807) is 0 Å². The molecule has 0 saturated carbocycles. The van der Waals surface area contributed by atoms with Crippen LogP contribution in [0.3, 0.4) is 0 Å². The number of rotatable bonds is 58. The van der Waals surface area contributed by atoms with Gasteiger partial charge in [0.2, 0.25) is 0 Å². The number of allylic oxidation sites excluding steroid dienone is 14. The lowest BCUT2D eigenvalue weighted by Gasteiger charge is -2.21. The quantitative estimate of drug-likeness (QED) is 0.0197. The topological polar surface area (TPSA) is 155 Å². The Kier molecular flexibility index (Phi) is 57.2. The first-order chi connectivity index (χ1) is 38.2. The van der Waals surface area contributed by atoms with E-state index < -0.39 is 57.8 Å². The average Bonchev–Trinajstić information content (AvgIpc) is 3.43. The van der Waals surface area contributed by atoms with Gasteiger partial charge in [-0.3, -0.25) is 23.4 Å². The van der Waals surface area contributed by atoms with Crippen LogP contribution in [0.25, 0.3) is 0 Å². The first-order valence-corrected chi connectivity index (χ1v) is 33.0. The second kappa shape index (κ2) is 59.8. The summed E-state index contributed by atoms with van der Waals surface area (Å²) in [5.41, 5.74) is 0. The Hall–Kier alpha value is -3.34. The summed E-state index contributed by atoms with van der Waals surface area (Å²) < 4.78 is 39.5. The molecule has 12 heteroatoms. The van der Waals surface area contributed by atoms with E-state index in [9.17, 15) is 28.9 Å². The molecule has 2 N–H and O–H groups in total. The number of carbonyl (C=O) groups excluding carboxylic acids is 3. The van der Waals surface area contributed by atoms with Crippen LogP contribution in [-0.2, 0) is 42.2 Å². The molecule has 0 aliphatic carbocycles. The number of ether oxygens (including phenoxy) is 3. The molecule has 0 aliphatic rings. The van der Waals surface area contributed by atoms with Crippen LogP contribution >= 0.6 is 7.82 Å². The van der Waals surface area contributed by atoms with Crippen molar-refractivity contribution in [1.29, 1.82) is 0 Å². The maximum Gasteiger partial charge on any atom is 0.472 e. The zero-order valence-electron chi connectivity index (χ0n) is 49.9. The molecule has 3 atom stereocenters. The minimum atomic E-state index is -4.77. The van der Waals surface area contributed by atoms with E-state index in [4.69, 9.17) is 23.3 Å². The second-order valence-electron chi connectivity index (χ2n) is 20.8. The van der Waals surface area contributed by atoms with Gasteiger partial charge in [-0.25, -0.2) is 4.57 Å². The predicted molar refractivity (Wildman–Crippen MR) is 325 cm³/mol. The van der Waals surface area contributed by atoms with Gasteiger partial charge in [-0.1, -0.05) is 260 Å². The number of phosphoric acid groups is 1. The van der Waals surface area contributed by atoms with E-state index in [0.29, 0.717) is 19.3 Å². The fourth-order valence-corrected chi connectivity index (χ4v) is 9.34. The molecule has 0 rings (SSSR count). The van der Waals surface area contributed by atoms with Crippen LogP contribution in [0.2, 0.25) is 0 Å². The predicted octanol–water partition coefficient (Wildman–Crippen LogP) is 19.0. The van der Waals surface area contributed by atoms with Gasteiger partial charge in [0.1, 0.15) is 12.7 Å². The molecule has 3 unspecified atom stereocenters. The number of esters is 3. The minimum absolute atomic E-state index is 0.0537. The summed E-state index contributed by atoms with van der Waals surface area (Å²) in [4.78, 5) is 48.6. The maximum absolute atomic E-state index is 13.0. The molecule has 0 aromatic heterocycles. The molecule has 11 nitrogen and oxygen atoms in total. The lowest BCUT2D eigenvalue weighted by Crippen LogP contribution is -2.30. The number of phosphoric ester groups is 1. The van der Waals surface area contributed by atoms with Gasteiger partial charge in [-0.15, -0.1) is 0 Å². The minimum Gasteiger partial charge on any atom is -0.462 e. The molecule has 0 saturated heterocycles. The summed E-state index contributed by atoms with van der Waals surface area (Å²) in [6, 6.07) is 0. The van der Waals surface area contributed by atoms with Gasteiger partial charge in [-0.2, -0.15) is 0 Å². The van der Waals surface area contributed by atoms with Gasteiger partial charge in [-0.05, 0) is 83.5 Å². The zero-order chi connectivity index (χ0) is 56.9. The van der Waals surface area contributed by atoms with E-state index in [1.807, 2.05) is 12.2 Å². The standard InChI is InChI=1S/C66H115O11P/c1-4-7-10-13-16-19-22-25-27-29-31-33-35-38-40-43-46-49-52-55-64(68)73-59-63(77-66(70)57-54-51-48-45-42-39-36-34-32-30-28-26-23-20-17-14-11-8-5-2)61-75-78(71,72)74-60-62(58-67)76-65(69)56-53-50-47-44-41-37-24-21-18-15-12-9-6-3/h9,12,16,18-19,21,25,27,31,33,37,41,47,50,62-63,67H,4-8,10-11,13-15,17,20,22-24,26,28-30,32,34-36,38-40,42-46,48-49,51-61H2,1-3H3,(H,71,72)/b12-9-,19-16-,21-18-,27-25-,33-31-,41-37-,50-47-. The van der Waals surface area contributed by atoms with Crippen LogP contribution in [0.5, 0.6) is 0 Å². The largest absolute Gasteiger partial charge is 0.472 e. The number of aliphatic hydroxyl groups is 1. The summed E-state index contributed by atoms with van der Waals surface area (Å²) in [6.45, 7) is 4.44. The first-order valence-electron chi connectivity index (χ1n) is 31.5. The van der Waals surface area contributed by atoms with E-state index >= 15 is 0 Å². The first kappa shape index (κ1) is 74.7. The highest BCUT2D eigenvalue weighted by Gasteiger charge is 2.28. The molecule has 0 fully saturated rings. The molecule has 0 radical (unpaired) electrons. The second-order valence-corrected chi connectivity index (χ2v) is 22.3. The van der Waals surface area contributed by atoms with Gasteiger partial charge in [0.25, 0.3) is 0 Å². The molecule has 0 spiro atoms. The van der Waals surface area contributed by atoms with Crippen molar-refractivity contribution in [3.05, 3.63) is 85.1 Å². The molecule has 0 aromatic carbocycles. The SMILES string of the molecule is CC/C=C\C/C=C\C/C=C\C/C=C\CCC(=O)OC(CO)COP(=O)(O)OCC(COC(=O)CCCCCCCC/C=C\C/C=C\C/C=C\CCCCC)OC(=O)CCCCCCCCCCCCCCCCCCCCC. The lowest BCUT2D eigenvalue weighted by molar-refractivity contribution is -0.161. The highest BCUT2D eigenvalue weighted by atomic mass is 31.2. The fourth-order valence-electron chi connectivity index (χ4n) is 8.55. The van der Waals surface area contributed by atoms with Gasteiger partial charge in [0.15, 0.2) is 6.10 Å². The van der Waals surface area contributed by atoms with Crippen LogP contribution in [0.15, 0.2) is 85.1 Å². The summed E-state index contributed by atoms with van der Waals surface area (Å²) in [7, 11) is -4.77. The number of hydrogen-bond acceptors (Lipinski definition) is 10. The Morgan fingerprint density at radius 1 is 0.372 bits per heavy atom. The highest BCUT2D eigenvalue weighted by molar-refractivity contribution is 7.47. The van der Waals surface area contributed by atoms with Crippen LogP contribution < -0.4 is 0 Å². The summed E-state index contributed by atoms with van der Waals surface area (Å²) in [6.07, 6.45) is 69.9. The smallest absolute Gasteiger partial charge is 0.462 e. The van der Waals surface area contributed by atoms with Gasteiger partial charge >= 0.3 is 25.7 Å². The van der Waals surface area contributed by atoms with Crippen molar-refractivity contribution in [2.45, 2.75) is 290 Å². The third-order valence-corrected chi connectivity index (χ3v) is 14.3. The van der Waals surface area contributed by atoms with Crippen molar-refractivity contribution >= 4 is 25.7 Å². The molecule has 0 amide bonds. The lowest BCUT2D eigenvalue weighted by atomic mass is 10.0. The third-order valence-electron chi connectivity index (χ3n) is 13.3. The Morgan fingerprint density at radius 3 is 1.13 bits per heavy atom. The molecule has 78 heavy (non-hydrogen) atoms. The normalized spacial score (nSPS) is 13.9. The Morgan fingerprint density at radius 2 is 0.692 bits per heavy atom. The van der Waals surface area contributed by atoms with Crippen molar-refractivity contribution in [3.8, 4) is 0 Å². The molecule has 0 bridgehead atoms. The van der Waals surface area contributed by atoms with Crippen LogP contribution in [0.1, 0.15) is 278 Å². The van der Waals surface area contributed by atoms with Gasteiger partial charge < -0.3 is 24.2 Å². The average molecular weight is 1120 g/mol. The number of hydrogen-bond donors (Lipinski definition) is 2. The van der Waals surface area contributed by atoms with Crippen molar-refractivity contribution in [1.82, 2.24) is 0 Å². The Labute approximate surface area is 477 Å². The van der Waals surface area contributed by atoms with E-state index in [1.165, 1.54) is 122 Å². The maximum atomic E-state index is 13.0. The number of aliphatic hydroxyl groups excluding tert-OH is 1. The molecule has 0 heterocycles. The third kappa shape index (κ3) is 57.3. The van der Waals surface area contributed by atoms with Crippen molar-refractivity contribution in [2.75, 3.05) is 26.4 Å². The number of carbonyl (C=O) groups is 3. The monoisotopic (exact) mass is 1110 g/mol. The molecule has 450 valence electrons. The fraction of sp³-hybridized carbons (Fsp3) is 0.742. The summed E-state index contributed by atoms with van der Waals surface area (Å²) in [5.74, 6) is -1.56. The molecular weight excluding hydrogens is 1000 g/mol. The highest BCUT2D eigenvalue weighted by Crippen LogP contribution is 2.43.